The molecule has 0 saturated carbocycles. The van der Waals surface area contributed by atoms with E-state index >= 15 is 0 Å². The Labute approximate surface area is 75.3 Å². The van der Waals surface area contributed by atoms with Crippen LogP contribution < -0.4 is 0 Å². The Bertz CT molecular complexity index is 353. The van der Waals surface area contributed by atoms with Gasteiger partial charge in [0.25, 0.3) is 0 Å². The van der Waals surface area contributed by atoms with E-state index in [0.717, 1.165) is 0 Å². The summed E-state index contributed by atoms with van der Waals surface area (Å²) in [6.45, 7) is 0. The van der Waals surface area contributed by atoms with Crippen LogP contribution in [0.5, 0.6) is 5.75 Å². The largest absolute Gasteiger partial charge is 0.507 e. The van der Waals surface area contributed by atoms with Crippen molar-refractivity contribution in [1.82, 2.24) is 0 Å². The van der Waals surface area contributed by atoms with Crippen LogP contribution in [-0.2, 0) is 4.79 Å². The van der Waals surface area contributed by atoms with E-state index in [1.807, 2.05) is 0 Å². The van der Waals surface area contributed by atoms with Crippen LogP contribution in [0.25, 0.3) is 6.08 Å². The average Bonchev–Trinajstić information content (AvgIpc) is 2.15. The molecule has 0 radical (unpaired) electrons. The zero-order valence-electron chi connectivity index (χ0n) is 6.81. The molecule has 1 aromatic rings. The maximum absolute atomic E-state index is 10.5. The van der Waals surface area contributed by atoms with Crippen LogP contribution >= 0.6 is 0 Å². The van der Waals surface area contributed by atoms with E-state index in [9.17, 15) is 14.7 Å². The minimum absolute atomic E-state index is 0.0805. The second-order valence-corrected chi connectivity index (χ2v) is 2.39. The van der Waals surface area contributed by atoms with Crippen LogP contribution in [0.4, 0.5) is 0 Å². The zero-order valence-corrected chi connectivity index (χ0v) is 6.81. The highest BCUT2D eigenvalue weighted by atomic mass is 16.3. The Morgan fingerprint density at radius 2 is 2.00 bits per heavy atom. The first-order valence-corrected chi connectivity index (χ1v) is 3.68. The molecule has 0 heterocycles. The minimum atomic E-state index is -0.0805. The van der Waals surface area contributed by atoms with E-state index < -0.39 is 0 Å². The summed E-state index contributed by atoms with van der Waals surface area (Å²) in [5.74, 6) is -0.0805. The van der Waals surface area contributed by atoms with Crippen molar-refractivity contribution in [3.05, 3.63) is 35.4 Å². The maximum Gasteiger partial charge on any atom is 0.154 e. The van der Waals surface area contributed by atoms with Gasteiger partial charge in [0.1, 0.15) is 12.0 Å². The molecule has 1 rings (SSSR count). The topological polar surface area (TPSA) is 54.4 Å². The summed E-state index contributed by atoms with van der Waals surface area (Å²) >= 11 is 0. The van der Waals surface area contributed by atoms with Crippen LogP contribution in [-0.4, -0.2) is 17.7 Å². The number of phenolic OH excluding ortho intramolecular Hbond substituents is 1. The predicted octanol–water partition coefficient (Wildman–Crippen LogP) is 1.42. The normalized spacial score (nSPS) is 10.2. The van der Waals surface area contributed by atoms with Crippen molar-refractivity contribution < 1.29 is 14.7 Å². The van der Waals surface area contributed by atoms with Gasteiger partial charge in [-0.3, -0.25) is 9.59 Å². The standard InChI is InChI=1S/C10H8O3/c11-6-2-4-8-3-1-5-10(13)9(8)7-12/h1-7,13H. The highest BCUT2D eigenvalue weighted by Crippen LogP contribution is 2.19. The summed E-state index contributed by atoms with van der Waals surface area (Å²) in [5.41, 5.74) is 0.725. The molecule has 0 aliphatic heterocycles. The van der Waals surface area contributed by atoms with Crippen molar-refractivity contribution >= 4 is 18.6 Å². The number of allylic oxidation sites excluding steroid dienone is 1. The minimum Gasteiger partial charge on any atom is -0.507 e. The molecule has 0 amide bonds. The molecule has 0 aliphatic rings. The monoisotopic (exact) mass is 176 g/mol. The number of aromatic hydroxyl groups is 1. The van der Waals surface area contributed by atoms with Crippen LogP contribution in [0.15, 0.2) is 24.3 Å². The second-order valence-electron chi connectivity index (χ2n) is 2.39. The van der Waals surface area contributed by atoms with Gasteiger partial charge in [-0.25, -0.2) is 0 Å². The predicted molar refractivity (Wildman–Crippen MR) is 48.6 cm³/mol. The van der Waals surface area contributed by atoms with Gasteiger partial charge in [0, 0.05) is 0 Å². The highest BCUT2D eigenvalue weighted by Gasteiger charge is 2.02. The van der Waals surface area contributed by atoms with Gasteiger partial charge in [0.05, 0.1) is 5.56 Å². The Morgan fingerprint density at radius 1 is 1.23 bits per heavy atom. The number of hydrogen-bond acceptors (Lipinski definition) is 3. The number of hydrogen-bond donors (Lipinski definition) is 1. The molecule has 0 saturated heterocycles. The van der Waals surface area contributed by atoms with Crippen molar-refractivity contribution in [2.24, 2.45) is 0 Å². The molecule has 1 N–H and O–H groups in total. The number of rotatable bonds is 3. The lowest BCUT2D eigenvalue weighted by Crippen LogP contribution is -1.86. The van der Waals surface area contributed by atoms with Gasteiger partial charge in [-0.15, -0.1) is 0 Å². The van der Waals surface area contributed by atoms with Crippen molar-refractivity contribution in [2.45, 2.75) is 0 Å². The summed E-state index contributed by atoms with van der Waals surface area (Å²) in [5, 5.41) is 9.24. The van der Waals surface area contributed by atoms with E-state index in [0.29, 0.717) is 18.1 Å². The number of aldehydes is 2. The van der Waals surface area contributed by atoms with Crippen LogP contribution in [0, 0.1) is 0 Å². The molecule has 3 nitrogen and oxygen atoms in total. The van der Waals surface area contributed by atoms with Gasteiger partial charge in [0.2, 0.25) is 0 Å². The van der Waals surface area contributed by atoms with Crippen LogP contribution in [0.2, 0.25) is 0 Å². The third-order valence-corrected chi connectivity index (χ3v) is 1.59. The summed E-state index contributed by atoms with van der Waals surface area (Å²) in [4.78, 5) is 20.6. The molecule has 66 valence electrons. The van der Waals surface area contributed by atoms with Crippen molar-refractivity contribution in [1.29, 1.82) is 0 Å². The Hall–Kier alpha value is -1.90. The van der Waals surface area contributed by atoms with Gasteiger partial charge in [-0.1, -0.05) is 18.2 Å². The van der Waals surface area contributed by atoms with E-state index in [1.165, 1.54) is 18.2 Å². The van der Waals surface area contributed by atoms with Crippen molar-refractivity contribution in [2.75, 3.05) is 0 Å². The maximum atomic E-state index is 10.5. The summed E-state index contributed by atoms with van der Waals surface area (Å²) in [6, 6.07) is 4.66. The SMILES string of the molecule is O=CC=Cc1cccc(O)c1C=O. The molecule has 0 fully saturated rings. The molecule has 0 spiro atoms. The molecule has 0 aliphatic carbocycles. The van der Waals surface area contributed by atoms with Gasteiger partial charge < -0.3 is 5.11 Å². The van der Waals surface area contributed by atoms with Gasteiger partial charge >= 0.3 is 0 Å². The first-order valence-electron chi connectivity index (χ1n) is 3.68. The first-order chi connectivity index (χ1) is 6.29. The number of carbonyl (C=O) groups is 2. The van der Waals surface area contributed by atoms with Crippen LogP contribution in [0.1, 0.15) is 15.9 Å². The fourth-order valence-electron chi connectivity index (χ4n) is 0.987. The van der Waals surface area contributed by atoms with Gasteiger partial charge in [-0.05, 0) is 17.7 Å². The van der Waals surface area contributed by atoms with Gasteiger partial charge in [0.15, 0.2) is 6.29 Å². The van der Waals surface area contributed by atoms with Crippen LogP contribution in [0.3, 0.4) is 0 Å². The lowest BCUT2D eigenvalue weighted by atomic mass is 10.1. The lowest BCUT2D eigenvalue weighted by molar-refractivity contribution is -0.104. The fraction of sp³-hybridized carbons (Fsp3) is 0. The summed E-state index contributed by atoms with van der Waals surface area (Å²) in [6.07, 6.45) is 3.90. The quantitative estimate of drug-likeness (QED) is 0.559. The van der Waals surface area contributed by atoms with Gasteiger partial charge in [-0.2, -0.15) is 0 Å². The number of carbonyl (C=O) groups excluding carboxylic acids is 2. The Kier molecular flexibility index (Phi) is 2.97. The molecule has 0 atom stereocenters. The Balaban J connectivity index is 3.19. The van der Waals surface area contributed by atoms with E-state index in [1.54, 1.807) is 12.1 Å². The number of phenols is 1. The Morgan fingerprint density at radius 3 is 2.62 bits per heavy atom. The van der Waals surface area contributed by atoms with E-state index in [2.05, 4.69) is 0 Å². The first kappa shape index (κ1) is 9.19. The molecular weight excluding hydrogens is 168 g/mol. The molecule has 0 bridgehead atoms. The molecule has 0 unspecified atom stereocenters. The fourth-order valence-corrected chi connectivity index (χ4v) is 0.987. The zero-order chi connectivity index (χ0) is 9.68. The summed E-state index contributed by atoms with van der Waals surface area (Å²) in [7, 11) is 0. The summed E-state index contributed by atoms with van der Waals surface area (Å²) < 4.78 is 0. The smallest absolute Gasteiger partial charge is 0.154 e. The van der Waals surface area contributed by atoms with E-state index in [4.69, 9.17) is 0 Å². The lowest BCUT2D eigenvalue weighted by Gasteiger charge is -1.99. The third kappa shape index (κ3) is 2.02. The third-order valence-electron chi connectivity index (χ3n) is 1.59. The van der Waals surface area contributed by atoms with E-state index in [-0.39, 0.29) is 11.3 Å². The molecule has 1 aromatic carbocycles. The molecular formula is C10H8O3. The molecule has 0 aromatic heterocycles. The molecule has 13 heavy (non-hydrogen) atoms. The average molecular weight is 176 g/mol. The molecule has 3 heteroatoms. The van der Waals surface area contributed by atoms with Crippen molar-refractivity contribution in [3.63, 3.8) is 0 Å². The number of benzene rings is 1. The highest BCUT2D eigenvalue weighted by molar-refractivity contribution is 5.87. The van der Waals surface area contributed by atoms with Crippen molar-refractivity contribution in [3.8, 4) is 5.75 Å². The second kappa shape index (κ2) is 4.21.